The summed E-state index contributed by atoms with van der Waals surface area (Å²) in [5.74, 6) is -0.910. The molecule has 0 spiro atoms. The first-order chi connectivity index (χ1) is 12.0. The highest BCUT2D eigenvalue weighted by molar-refractivity contribution is 5.94. The van der Waals surface area contributed by atoms with Gasteiger partial charge in [0.1, 0.15) is 6.10 Å². The minimum Gasteiger partial charge on any atom is -0.478 e. The van der Waals surface area contributed by atoms with Crippen molar-refractivity contribution in [3.8, 4) is 0 Å². The molecule has 1 N–H and O–H groups in total. The SMILES string of the molecule is CCCCCCC(CC(CC)CC)OC(=O)c1cccc(C(=O)O)c1. The predicted molar refractivity (Wildman–Crippen MR) is 100 cm³/mol. The van der Waals surface area contributed by atoms with E-state index in [0.29, 0.717) is 11.5 Å². The second kappa shape index (κ2) is 11.7. The van der Waals surface area contributed by atoms with Crippen LogP contribution in [0, 0.1) is 5.92 Å². The van der Waals surface area contributed by atoms with Gasteiger partial charge in [-0.3, -0.25) is 0 Å². The van der Waals surface area contributed by atoms with E-state index in [1.165, 1.54) is 25.0 Å². The van der Waals surface area contributed by atoms with Crippen LogP contribution in [-0.2, 0) is 4.74 Å². The number of carbonyl (C=O) groups excluding carboxylic acids is 1. The van der Waals surface area contributed by atoms with Crippen molar-refractivity contribution in [1.29, 1.82) is 0 Å². The van der Waals surface area contributed by atoms with E-state index in [2.05, 4.69) is 20.8 Å². The Bertz CT molecular complexity index is 534. The van der Waals surface area contributed by atoms with Crippen molar-refractivity contribution in [1.82, 2.24) is 0 Å². The zero-order valence-corrected chi connectivity index (χ0v) is 15.8. The summed E-state index contributed by atoms with van der Waals surface area (Å²) in [5.41, 5.74) is 0.414. The molecule has 1 aromatic carbocycles. The van der Waals surface area contributed by atoms with Crippen LogP contribution in [0.15, 0.2) is 24.3 Å². The van der Waals surface area contributed by atoms with E-state index in [1.54, 1.807) is 12.1 Å². The molecule has 0 aromatic heterocycles. The van der Waals surface area contributed by atoms with Crippen LogP contribution < -0.4 is 0 Å². The molecule has 0 heterocycles. The van der Waals surface area contributed by atoms with Crippen LogP contribution in [-0.4, -0.2) is 23.1 Å². The first-order valence-electron chi connectivity index (χ1n) is 9.56. The van der Waals surface area contributed by atoms with Crippen LogP contribution in [0.25, 0.3) is 0 Å². The molecule has 0 radical (unpaired) electrons. The molecular formula is C21H32O4. The molecule has 4 heteroatoms. The van der Waals surface area contributed by atoms with Gasteiger partial charge in [-0.2, -0.15) is 0 Å². The monoisotopic (exact) mass is 348 g/mol. The van der Waals surface area contributed by atoms with Gasteiger partial charge in [0, 0.05) is 0 Å². The fourth-order valence-electron chi connectivity index (χ4n) is 3.02. The second-order valence-electron chi connectivity index (χ2n) is 6.68. The summed E-state index contributed by atoms with van der Waals surface area (Å²) in [7, 11) is 0. The summed E-state index contributed by atoms with van der Waals surface area (Å²) >= 11 is 0. The number of hydrogen-bond donors (Lipinski definition) is 1. The van der Waals surface area contributed by atoms with Crippen LogP contribution in [0.2, 0.25) is 0 Å². The molecule has 0 aliphatic carbocycles. The number of benzene rings is 1. The number of hydrogen-bond acceptors (Lipinski definition) is 3. The van der Waals surface area contributed by atoms with E-state index in [9.17, 15) is 9.59 Å². The van der Waals surface area contributed by atoms with Crippen molar-refractivity contribution in [2.45, 2.75) is 78.2 Å². The molecular weight excluding hydrogens is 316 g/mol. The molecule has 4 nitrogen and oxygen atoms in total. The highest BCUT2D eigenvalue weighted by Gasteiger charge is 2.20. The molecule has 0 saturated heterocycles. The smallest absolute Gasteiger partial charge is 0.338 e. The van der Waals surface area contributed by atoms with Crippen LogP contribution in [0.5, 0.6) is 0 Å². The highest BCUT2D eigenvalue weighted by atomic mass is 16.5. The number of esters is 1. The lowest BCUT2D eigenvalue weighted by Gasteiger charge is -2.22. The van der Waals surface area contributed by atoms with Crippen LogP contribution in [0.3, 0.4) is 0 Å². The third-order valence-electron chi connectivity index (χ3n) is 4.75. The maximum Gasteiger partial charge on any atom is 0.338 e. The van der Waals surface area contributed by atoms with Gasteiger partial charge >= 0.3 is 11.9 Å². The maximum absolute atomic E-state index is 12.5. The summed E-state index contributed by atoms with van der Waals surface area (Å²) < 4.78 is 5.75. The van der Waals surface area contributed by atoms with Crippen LogP contribution in [0.4, 0.5) is 0 Å². The first kappa shape index (κ1) is 21.2. The summed E-state index contributed by atoms with van der Waals surface area (Å²) in [4.78, 5) is 23.5. The molecule has 0 bridgehead atoms. The normalized spacial score (nSPS) is 12.2. The molecule has 0 saturated carbocycles. The van der Waals surface area contributed by atoms with Gasteiger partial charge in [-0.15, -0.1) is 0 Å². The Hall–Kier alpha value is -1.84. The minimum absolute atomic E-state index is 0.0947. The first-order valence-corrected chi connectivity index (χ1v) is 9.56. The fraction of sp³-hybridized carbons (Fsp3) is 0.619. The molecule has 1 rings (SSSR count). The van der Waals surface area contributed by atoms with Gasteiger partial charge in [0.05, 0.1) is 11.1 Å². The van der Waals surface area contributed by atoms with Gasteiger partial charge in [-0.25, -0.2) is 9.59 Å². The van der Waals surface area contributed by atoms with E-state index in [-0.39, 0.29) is 11.7 Å². The van der Waals surface area contributed by atoms with E-state index in [0.717, 1.165) is 38.5 Å². The van der Waals surface area contributed by atoms with Crippen molar-refractivity contribution in [2.75, 3.05) is 0 Å². The Morgan fingerprint density at radius 2 is 1.72 bits per heavy atom. The number of aromatic carboxylic acids is 1. The van der Waals surface area contributed by atoms with Gasteiger partial charge in [0.2, 0.25) is 0 Å². The number of carboxylic acids is 1. The quantitative estimate of drug-likeness (QED) is 0.388. The van der Waals surface area contributed by atoms with E-state index >= 15 is 0 Å². The molecule has 1 atom stereocenters. The average molecular weight is 348 g/mol. The summed E-state index contributed by atoms with van der Waals surface area (Å²) in [6, 6.07) is 6.05. The Labute approximate surface area is 151 Å². The Morgan fingerprint density at radius 3 is 2.32 bits per heavy atom. The molecule has 0 amide bonds. The molecule has 0 aliphatic heterocycles. The van der Waals surface area contributed by atoms with E-state index in [4.69, 9.17) is 9.84 Å². The van der Waals surface area contributed by atoms with Gasteiger partial charge in [-0.1, -0.05) is 58.9 Å². The fourth-order valence-corrected chi connectivity index (χ4v) is 3.02. The number of rotatable bonds is 12. The van der Waals surface area contributed by atoms with Gasteiger partial charge in [-0.05, 0) is 43.4 Å². The molecule has 0 fully saturated rings. The average Bonchev–Trinajstić information content (AvgIpc) is 2.62. The number of ether oxygens (including phenoxy) is 1. The van der Waals surface area contributed by atoms with Crippen molar-refractivity contribution < 1.29 is 19.4 Å². The molecule has 1 aromatic rings. The van der Waals surface area contributed by atoms with Crippen LogP contribution >= 0.6 is 0 Å². The van der Waals surface area contributed by atoms with Crippen LogP contribution in [0.1, 0.15) is 92.9 Å². The van der Waals surface area contributed by atoms with Crippen molar-refractivity contribution >= 4 is 11.9 Å². The summed E-state index contributed by atoms with van der Waals surface area (Å²) in [5, 5.41) is 9.07. The molecule has 25 heavy (non-hydrogen) atoms. The molecule has 140 valence electrons. The minimum atomic E-state index is -1.04. The lowest BCUT2D eigenvalue weighted by Crippen LogP contribution is -2.22. The van der Waals surface area contributed by atoms with Gasteiger partial charge in [0.15, 0.2) is 0 Å². The maximum atomic E-state index is 12.5. The second-order valence-corrected chi connectivity index (χ2v) is 6.68. The molecule has 1 unspecified atom stereocenters. The van der Waals surface area contributed by atoms with Crippen molar-refractivity contribution in [3.63, 3.8) is 0 Å². The topological polar surface area (TPSA) is 63.6 Å². The Balaban J connectivity index is 2.74. The van der Waals surface area contributed by atoms with E-state index < -0.39 is 11.9 Å². The molecule has 0 aliphatic rings. The highest BCUT2D eigenvalue weighted by Crippen LogP contribution is 2.22. The summed E-state index contributed by atoms with van der Waals surface area (Å²) in [6.45, 7) is 6.51. The number of carbonyl (C=O) groups is 2. The Kier molecular flexibility index (Phi) is 9.90. The lowest BCUT2D eigenvalue weighted by atomic mass is 9.93. The lowest BCUT2D eigenvalue weighted by molar-refractivity contribution is 0.0209. The Morgan fingerprint density at radius 1 is 1.04 bits per heavy atom. The zero-order chi connectivity index (χ0) is 18.7. The van der Waals surface area contributed by atoms with Gasteiger partial charge < -0.3 is 9.84 Å². The van der Waals surface area contributed by atoms with Crippen molar-refractivity contribution in [2.24, 2.45) is 5.92 Å². The largest absolute Gasteiger partial charge is 0.478 e. The third kappa shape index (κ3) is 7.72. The van der Waals surface area contributed by atoms with Gasteiger partial charge in [0.25, 0.3) is 0 Å². The number of unbranched alkanes of at least 4 members (excludes halogenated alkanes) is 3. The predicted octanol–water partition coefficient (Wildman–Crippen LogP) is 5.71. The summed E-state index contributed by atoms with van der Waals surface area (Å²) in [6.07, 6.45) is 8.41. The van der Waals surface area contributed by atoms with Crippen molar-refractivity contribution in [3.05, 3.63) is 35.4 Å². The zero-order valence-electron chi connectivity index (χ0n) is 15.8. The third-order valence-corrected chi connectivity index (χ3v) is 4.75. The standard InChI is InChI=1S/C21H32O4/c1-4-7-8-9-13-19(14-16(5-2)6-3)25-21(24)18-12-10-11-17(15-18)20(22)23/h10-12,15-16,19H,4-9,13-14H2,1-3H3,(H,22,23). The number of carboxylic acid groups (broad SMARTS) is 1. The van der Waals surface area contributed by atoms with E-state index in [1.807, 2.05) is 0 Å².